The summed E-state index contributed by atoms with van der Waals surface area (Å²) < 4.78 is 7.47. The lowest BCUT2D eigenvalue weighted by atomic mass is 10.2. The molecule has 2 rings (SSSR count). The zero-order chi connectivity index (χ0) is 14.7. The van der Waals surface area contributed by atoms with Crippen LogP contribution in [0.4, 0.5) is 5.82 Å². The van der Waals surface area contributed by atoms with Crippen LogP contribution in [0.5, 0.6) is 0 Å². The summed E-state index contributed by atoms with van der Waals surface area (Å²) in [7, 11) is 1.89. The van der Waals surface area contributed by atoms with Crippen molar-refractivity contribution in [3.8, 4) is 0 Å². The van der Waals surface area contributed by atoms with Crippen molar-refractivity contribution in [1.29, 1.82) is 0 Å². The van der Waals surface area contributed by atoms with Crippen LogP contribution in [-0.2, 0) is 16.6 Å². The molecular formula is C14H21N3O3. The van der Waals surface area contributed by atoms with Gasteiger partial charge in [-0.05, 0) is 26.3 Å². The molecule has 2 heterocycles. The number of carboxylic acids is 1. The highest BCUT2D eigenvalue weighted by Gasteiger charge is 2.22. The van der Waals surface area contributed by atoms with E-state index in [0.717, 1.165) is 49.3 Å². The molecule has 0 radical (unpaired) electrons. The third-order valence-corrected chi connectivity index (χ3v) is 3.38. The number of nitrogens with zero attached hydrogens (tertiary/aromatic N) is 3. The summed E-state index contributed by atoms with van der Waals surface area (Å²) in [5.41, 5.74) is 1.70. The summed E-state index contributed by atoms with van der Waals surface area (Å²) in [6, 6.07) is 0. The van der Waals surface area contributed by atoms with E-state index < -0.39 is 5.97 Å². The molecule has 1 atom stereocenters. The summed E-state index contributed by atoms with van der Waals surface area (Å²) in [5.74, 6) is 0.00382. The quantitative estimate of drug-likeness (QED) is 0.848. The molecule has 20 heavy (non-hydrogen) atoms. The second-order valence-corrected chi connectivity index (χ2v) is 5.10. The minimum Gasteiger partial charge on any atom is -0.478 e. The third kappa shape index (κ3) is 3.19. The number of aromatic nitrogens is 2. The van der Waals surface area contributed by atoms with Gasteiger partial charge in [0.1, 0.15) is 5.82 Å². The Morgan fingerprint density at radius 3 is 3.00 bits per heavy atom. The summed E-state index contributed by atoms with van der Waals surface area (Å²) in [5, 5.41) is 13.2. The predicted octanol–water partition coefficient (Wildman–Crippen LogP) is 1.44. The first-order valence-electron chi connectivity index (χ1n) is 6.80. The largest absolute Gasteiger partial charge is 0.478 e. The molecule has 0 bridgehead atoms. The summed E-state index contributed by atoms with van der Waals surface area (Å²) >= 11 is 0. The molecule has 1 aromatic heterocycles. The van der Waals surface area contributed by atoms with Crippen LogP contribution in [-0.4, -0.2) is 46.7 Å². The number of rotatable bonds is 3. The fourth-order valence-corrected chi connectivity index (χ4v) is 2.57. The average molecular weight is 279 g/mol. The molecule has 0 spiro atoms. The van der Waals surface area contributed by atoms with Crippen LogP contribution in [0.3, 0.4) is 0 Å². The van der Waals surface area contributed by atoms with Crippen molar-refractivity contribution in [3.63, 3.8) is 0 Å². The molecule has 110 valence electrons. The Hall–Kier alpha value is -1.82. The summed E-state index contributed by atoms with van der Waals surface area (Å²) in [4.78, 5) is 13.0. The number of aliphatic carboxylic acids is 1. The van der Waals surface area contributed by atoms with E-state index in [1.165, 1.54) is 0 Å². The van der Waals surface area contributed by atoms with Crippen LogP contribution in [0.2, 0.25) is 0 Å². The lowest BCUT2D eigenvalue weighted by Crippen LogP contribution is -2.32. The van der Waals surface area contributed by atoms with Crippen molar-refractivity contribution in [1.82, 2.24) is 9.78 Å². The first-order valence-corrected chi connectivity index (χ1v) is 6.80. The number of carbonyl (C=O) groups is 1. The Morgan fingerprint density at radius 2 is 2.30 bits per heavy atom. The predicted molar refractivity (Wildman–Crippen MR) is 76.9 cm³/mol. The zero-order valence-corrected chi connectivity index (χ0v) is 12.2. The van der Waals surface area contributed by atoms with Gasteiger partial charge in [0.2, 0.25) is 0 Å². The number of aryl methyl sites for hydroxylation is 2. The lowest BCUT2D eigenvalue weighted by Gasteiger charge is -2.25. The number of ether oxygens (including phenoxy) is 1. The number of carboxylic acid groups (broad SMARTS) is 1. The molecule has 0 aliphatic carbocycles. The van der Waals surface area contributed by atoms with Gasteiger partial charge in [-0.1, -0.05) is 0 Å². The SMILES string of the molecule is Cc1nn(C)c(N2CCCOC(C)C2)c1C=CC(=O)O. The molecule has 1 aliphatic rings. The zero-order valence-electron chi connectivity index (χ0n) is 12.2. The Kier molecular flexibility index (Phi) is 4.44. The molecule has 0 aromatic carbocycles. The molecule has 1 aromatic rings. The average Bonchev–Trinajstić information content (AvgIpc) is 2.52. The van der Waals surface area contributed by atoms with E-state index in [9.17, 15) is 4.79 Å². The van der Waals surface area contributed by atoms with Gasteiger partial charge in [0.15, 0.2) is 0 Å². The minimum atomic E-state index is -0.952. The highest BCUT2D eigenvalue weighted by molar-refractivity contribution is 5.87. The van der Waals surface area contributed by atoms with Crippen molar-refractivity contribution in [2.75, 3.05) is 24.6 Å². The maximum Gasteiger partial charge on any atom is 0.328 e. The fraction of sp³-hybridized carbons (Fsp3) is 0.571. The van der Waals surface area contributed by atoms with Gasteiger partial charge in [-0.15, -0.1) is 0 Å². The second-order valence-electron chi connectivity index (χ2n) is 5.10. The van der Waals surface area contributed by atoms with Crippen LogP contribution >= 0.6 is 0 Å². The van der Waals surface area contributed by atoms with Crippen molar-refractivity contribution in [3.05, 3.63) is 17.3 Å². The van der Waals surface area contributed by atoms with Gasteiger partial charge in [-0.2, -0.15) is 5.10 Å². The molecule has 1 aliphatic heterocycles. The third-order valence-electron chi connectivity index (χ3n) is 3.38. The van der Waals surface area contributed by atoms with Crippen molar-refractivity contribution < 1.29 is 14.6 Å². The molecule has 6 heteroatoms. The highest BCUT2D eigenvalue weighted by atomic mass is 16.5. The van der Waals surface area contributed by atoms with Gasteiger partial charge in [0, 0.05) is 38.4 Å². The normalized spacial score (nSPS) is 20.4. The van der Waals surface area contributed by atoms with E-state index in [1.54, 1.807) is 6.08 Å². The highest BCUT2D eigenvalue weighted by Crippen LogP contribution is 2.26. The maximum absolute atomic E-state index is 10.7. The molecule has 1 N–H and O–H groups in total. The Bertz CT molecular complexity index is 522. The van der Waals surface area contributed by atoms with E-state index in [4.69, 9.17) is 9.84 Å². The van der Waals surface area contributed by atoms with Gasteiger partial charge < -0.3 is 14.7 Å². The van der Waals surface area contributed by atoms with Crippen LogP contribution in [0.1, 0.15) is 24.6 Å². The van der Waals surface area contributed by atoms with Crippen LogP contribution in [0.25, 0.3) is 6.08 Å². The number of hydrogen-bond acceptors (Lipinski definition) is 4. The minimum absolute atomic E-state index is 0.156. The van der Waals surface area contributed by atoms with E-state index >= 15 is 0 Å². The standard InChI is InChI=1S/C14H21N3O3/c1-10-9-17(7-4-8-20-10)14-12(5-6-13(18)19)11(2)15-16(14)3/h5-6,10H,4,7-9H2,1-3H3,(H,18,19). The van der Waals surface area contributed by atoms with Gasteiger partial charge in [0.25, 0.3) is 0 Å². The molecule has 0 amide bonds. The van der Waals surface area contributed by atoms with E-state index in [-0.39, 0.29) is 6.10 Å². The van der Waals surface area contributed by atoms with Crippen LogP contribution in [0, 0.1) is 6.92 Å². The van der Waals surface area contributed by atoms with Crippen molar-refractivity contribution in [2.24, 2.45) is 7.05 Å². The first-order chi connectivity index (χ1) is 9.49. The fourth-order valence-electron chi connectivity index (χ4n) is 2.57. The van der Waals surface area contributed by atoms with Gasteiger partial charge >= 0.3 is 5.97 Å². The molecule has 1 saturated heterocycles. The van der Waals surface area contributed by atoms with E-state index in [1.807, 2.05) is 25.6 Å². The topological polar surface area (TPSA) is 67.6 Å². The summed E-state index contributed by atoms with van der Waals surface area (Å²) in [6.45, 7) is 6.37. The summed E-state index contributed by atoms with van der Waals surface area (Å²) in [6.07, 6.45) is 3.89. The van der Waals surface area contributed by atoms with Gasteiger partial charge in [-0.25, -0.2) is 4.79 Å². The van der Waals surface area contributed by atoms with E-state index in [2.05, 4.69) is 10.00 Å². The smallest absolute Gasteiger partial charge is 0.328 e. The molecular weight excluding hydrogens is 258 g/mol. The second kappa shape index (κ2) is 6.09. The maximum atomic E-state index is 10.7. The first kappa shape index (κ1) is 14.6. The molecule has 1 unspecified atom stereocenters. The molecule has 0 saturated carbocycles. The van der Waals surface area contributed by atoms with Gasteiger partial charge in [0.05, 0.1) is 11.8 Å². The molecule has 6 nitrogen and oxygen atoms in total. The van der Waals surface area contributed by atoms with Crippen molar-refractivity contribution in [2.45, 2.75) is 26.4 Å². The Balaban J connectivity index is 2.36. The van der Waals surface area contributed by atoms with Gasteiger partial charge in [-0.3, -0.25) is 4.68 Å². The molecule has 1 fully saturated rings. The number of hydrogen-bond donors (Lipinski definition) is 1. The number of anilines is 1. The van der Waals surface area contributed by atoms with Crippen LogP contribution < -0.4 is 4.90 Å². The van der Waals surface area contributed by atoms with Crippen LogP contribution in [0.15, 0.2) is 6.08 Å². The van der Waals surface area contributed by atoms with Crippen molar-refractivity contribution >= 4 is 17.9 Å². The monoisotopic (exact) mass is 279 g/mol. The lowest BCUT2D eigenvalue weighted by molar-refractivity contribution is -0.131. The Labute approximate surface area is 118 Å². The van der Waals surface area contributed by atoms with E-state index in [0.29, 0.717) is 0 Å². The Morgan fingerprint density at radius 1 is 1.55 bits per heavy atom.